The second-order valence-electron chi connectivity index (χ2n) is 9.66. The second-order valence-corrected chi connectivity index (χ2v) is 11.4. The summed E-state index contributed by atoms with van der Waals surface area (Å²) in [5, 5.41) is 19.0. The van der Waals surface area contributed by atoms with Crippen LogP contribution < -0.4 is 10.6 Å². The van der Waals surface area contributed by atoms with Crippen LogP contribution in [-0.2, 0) is 22.7 Å². The molecule has 2 aliphatic carbocycles. The van der Waals surface area contributed by atoms with E-state index in [0.717, 1.165) is 65.7 Å². The summed E-state index contributed by atoms with van der Waals surface area (Å²) >= 11 is 2.92. The zero-order valence-electron chi connectivity index (χ0n) is 20.2. The van der Waals surface area contributed by atoms with Crippen molar-refractivity contribution in [1.82, 2.24) is 24.6 Å². The summed E-state index contributed by atoms with van der Waals surface area (Å²) in [4.78, 5) is 26.2. The normalized spacial score (nSPS) is 23.3. The number of nitrogens with one attached hydrogen (secondary N) is 2. The summed E-state index contributed by atoms with van der Waals surface area (Å²) < 4.78 is 11.1. The summed E-state index contributed by atoms with van der Waals surface area (Å²) in [6.07, 6.45) is 7.38. The van der Waals surface area contributed by atoms with Gasteiger partial charge in [0.1, 0.15) is 6.61 Å². The molecule has 3 N–H and O–H groups in total. The third kappa shape index (κ3) is 5.70. The average molecular weight is 537 g/mol. The van der Waals surface area contributed by atoms with Crippen LogP contribution in [0.15, 0.2) is 42.0 Å². The first-order chi connectivity index (χ1) is 18.1. The predicted molar refractivity (Wildman–Crippen MR) is 143 cm³/mol. The molecule has 0 spiro atoms. The molecular formula is C26H28N6O3S2. The maximum atomic E-state index is 12.7. The first kappa shape index (κ1) is 24.5. The van der Waals surface area contributed by atoms with Gasteiger partial charge in [0, 0.05) is 41.8 Å². The van der Waals surface area contributed by atoms with Crippen molar-refractivity contribution in [2.24, 2.45) is 5.92 Å². The molecule has 4 aromatic rings. The van der Waals surface area contributed by atoms with Crippen molar-refractivity contribution >= 4 is 44.1 Å². The van der Waals surface area contributed by atoms with Gasteiger partial charge >= 0.3 is 0 Å². The second kappa shape index (κ2) is 10.9. The molecule has 0 bridgehead atoms. The lowest BCUT2D eigenvalue weighted by Crippen LogP contribution is -2.45. The third-order valence-corrected chi connectivity index (χ3v) is 8.60. The van der Waals surface area contributed by atoms with E-state index in [1.54, 1.807) is 12.4 Å². The Morgan fingerprint density at radius 1 is 1.14 bits per heavy atom. The third-order valence-electron chi connectivity index (χ3n) is 7.07. The molecule has 0 aliphatic heterocycles. The number of hydrogen-bond acceptors (Lipinski definition) is 10. The number of ether oxygens (including phenoxy) is 1. The number of amides is 1. The van der Waals surface area contributed by atoms with Crippen LogP contribution in [-0.4, -0.2) is 48.6 Å². The van der Waals surface area contributed by atoms with E-state index in [9.17, 15) is 9.90 Å². The Morgan fingerprint density at radius 3 is 2.76 bits per heavy atom. The fraction of sp³-hybridized carbons (Fsp3) is 0.423. The van der Waals surface area contributed by atoms with E-state index >= 15 is 0 Å². The highest BCUT2D eigenvalue weighted by Gasteiger charge is 2.34. The summed E-state index contributed by atoms with van der Waals surface area (Å²) in [5.74, 6) is 0.637. The first-order valence-electron chi connectivity index (χ1n) is 12.6. The molecule has 2 aliphatic rings. The van der Waals surface area contributed by atoms with Crippen molar-refractivity contribution in [3.63, 3.8) is 0 Å². The van der Waals surface area contributed by atoms with Gasteiger partial charge in [-0.2, -0.15) is 4.37 Å². The van der Waals surface area contributed by atoms with Gasteiger partial charge in [0.15, 0.2) is 11.0 Å². The molecule has 11 heteroatoms. The number of benzene rings is 1. The monoisotopic (exact) mass is 536 g/mol. The molecule has 0 radical (unpaired) electrons. The quantitative estimate of drug-likeness (QED) is 0.292. The number of anilines is 1. The van der Waals surface area contributed by atoms with Crippen molar-refractivity contribution < 1.29 is 14.6 Å². The Hall–Kier alpha value is -2.83. The number of nitrogens with zero attached hydrogens (tertiary/aromatic N) is 4. The highest BCUT2D eigenvalue weighted by molar-refractivity contribution is 7.22. The number of carbonyl (C=O) groups excluding carboxylic acids is 1. The summed E-state index contributed by atoms with van der Waals surface area (Å²) in [7, 11) is 0. The van der Waals surface area contributed by atoms with Gasteiger partial charge < -0.3 is 20.5 Å². The molecule has 6 rings (SSSR count). The Labute approximate surface area is 222 Å². The van der Waals surface area contributed by atoms with E-state index in [1.807, 2.05) is 29.6 Å². The van der Waals surface area contributed by atoms with Crippen LogP contribution >= 0.6 is 22.9 Å². The molecule has 3 aromatic heterocycles. The van der Waals surface area contributed by atoms with E-state index < -0.39 is 0 Å². The lowest BCUT2D eigenvalue weighted by molar-refractivity contribution is -0.122. The van der Waals surface area contributed by atoms with Crippen LogP contribution in [0.1, 0.15) is 43.6 Å². The zero-order valence-corrected chi connectivity index (χ0v) is 21.8. The van der Waals surface area contributed by atoms with Crippen molar-refractivity contribution in [2.75, 3.05) is 5.32 Å². The molecule has 192 valence electrons. The van der Waals surface area contributed by atoms with Gasteiger partial charge in [0.2, 0.25) is 5.91 Å². The molecular weight excluding hydrogens is 508 g/mol. The molecule has 2 saturated carbocycles. The number of hydrogen-bond donors (Lipinski definition) is 3. The first-order valence-corrected chi connectivity index (χ1v) is 14.2. The van der Waals surface area contributed by atoms with Crippen molar-refractivity contribution in [1.29, 1.82) is 0 Å². The van der Waals surface area contributed by atoms with Crippen LogP contribution in [0.5, 0.6) is 0 Å². The predicted octanol–water partition coefficient (Wildman–Crippen LogP) is 4.15. The fourth-order valence-electron chi connectivity index (χ4n) is 4.80. The number of aliphatic hydroxyl groups is 1. The number of aromatic nitrogens is 4. The number of carbonyl (C=O) groups is 1. The molecule has 2 fully saturated rings. The molecule has 0 unspecified atom stereocenters. The van der Waals surface area contributed by atoms with E-state index in [-0.39, 0.29) is 24.0 Å². The van der Waals surface area contributed by atoms with Crippen molar-refractivity contribution in [3.8, 4) is 11.1 Å². The van der Waals surface area contributed by atoms with Gasteiger partial charge in [-0.15, -0.1) is 0 Å². The Kier molecular flexibility index (Phi) is 7.21. The summed E-state index contributed by atoms with van der Waals surface area (Å²) in [5.41, 5.74) is 3.78. The fourth-order valence-corrected chi connectivity index (χ4v) is 6.25. The van der Waals surface area contributed by atoms with Gasteiger partial charge in [-0.1, -0.05) is 17.4 Å². The van der Waals surface area contributed by atoms with Crippen LogP contribution in [0, 0.1) is 5.92 Å². The van der Waals surface area contributed by atoms with Crippen molar-refractivity contribution in [3.05, 3.63) is 53.6 Å². The minimum atomic E-state index is -0.387. The Bertz CT molecular complexity index is 1350. The van der Waals surface area contributed by atoms with Crippen LogP contribution in [0.25, 0.3) is 21.3 Å². The Balaban J connectivity index is 1.03. The number of aliphatic hydroxyl groups excluding tert-OH is 1. The lowest BCUT2D eigenvalue weighted by atomic mass is 9.79. The zero-order chi connectivity index (χ0) is 25.2. The molecule has 3 heterocycles. The topological polar surface area (TPSA) is 122 Å². The average Bonchev–Trinajstić information content (AvgIpc) is 3.63. The van der Waals surface area contributed by atoms with Gasteiger partial charge in [-0.05, 0) is 67.4 Å². The highest BCUT2D eigenvalue weighted by Crippen LogP contribution is 2.33. The molecule has 37 heavy (non-hydrogen) atoms. The molecule has 9 nitrogen and oxygen atoms in total. The van der Waals surface area contributed by atoms with Crippen LogP contribution in [0.4, 0.5) is 5.13 Å². The summed E-state index contributed by atoms with van der Waals surface area (Å²) in [6.45, 7) is 1.04. The maximum Gasteiger partial charge on any atom is 0.229 e. The SMILES string of the molecule is O=C(Nc1nc2ccc(-c3cnc(CO[C@H]4CCC[C@@H]4O)nc3)cc2s1)C1CC(NCc2ccsn2)C1. The molecule has 0 saturated heterocycles. The standard InChI is InChI=1S/C26H28N6O3S2/c33-21-2-1-3-22(21)35-14-24-28-11-17(12-29-24)15-4-5-20-23(10-15)37-26(30-20)31-25(34)16-8-19(9-16)27-13-18-6-7-36-32-18/h4-7,10-12,16,19,21-22,27,33H,1-3,8-9,13-14H2,(H,30,31,34)/t16?,19?,21-,22-/m0/s1. The number of thiazole rings is 1. The molecule has 1 amide bonds. The minimum Gasteiger partial charge on any atom is -0.390 e. The largest absolute Gasteiger partial charge is 0.390 e. The number of fused-ring (bicyclic) bond motifs is 1. The smallest absolute Gasteiger partial charge is 0.229 e. The minimum absolute atomic E-state index is 0.00656. The van der Waals surface area contributed by atoms with Gasteiger partial charge in [-0.3, -0.25) is 4.79 Å². The summed E-state index contributed by atoms with van der Waals surface area (Å²) in [6, 6.07) is 8.36. The maximum absolute atomic E-state index is 12.7. The van der Waals surface area contributed by atoms with E-state index in [0.29, 0.717) is 23.6 Å². The van der Waals surface area contributed by atoms with E-state index in [1.165, 1.54) is 22.9 Å². The molecule has 2 atom stereocenters. The molecule has 1 aromatic carbocycles. The van der Waals surface area contributed by atoms with Crippen LogP contribution in [0.2, 0.25) is 0 Å². The van der Waals surface area contributed by atoms with Crippen molar-refractivity contribution in [2.45, 2.75) is 63.5 Å². The van der Waals surface area contributed by atoms with E-state index in [2.05, 4.69) is 30.0 Å². The van der Waals surface area contributed by atoms with Crippen LogP contribution in [0.3, 0.4) is 0 Å². The van der Waals surface area contributed by atoms with Gasteiger partial charge in [0.25, 0.3) is 0 Å². The Morgan fingerprint density at radius 2 is 2.00 bits per heavy atom. The lowest BCUT2D eigenvalue weighted by Gasteiger charge is -2.34. The van der Waals surface area contributed by atoms with E-state index in [4.69, 9.17) is 4.74 Å². The number of rotatable bonds is 9. The van der Waals surface area contributed by atoms with Gasteiger partial charge in [-0.25, -0.2) is 15.0 Å². The van der Waals surface area contributed by atoms with Gasteiger partial charge in [0.05, 0.1) is 28.1 Å². The highest BCUT2D eigenvalue weighted by atomic mass is 32.1.